The van der Waals surface area contributed by atoms with Crippen LogP contribution in [0.4, 0.5) is 11.4 Å². The van der Waals surface area contributed by atoms with Crippen LogP contribution in [-0.2, 0) is 4.79 Å². The Labute approximate surface area is 134 Å². The molecule has 0 bridgehead atoms. The molecule has 2 aromatic rings. The minimum absolute atomic E-state index is 0.0617. The van der Waals surface area contributed by atoms with Gasteiger partial charge < -0.3 is 15.7 Å². The van der Waals surface area contributed by atoms with Crippen molar-refractivity contribution in [1.82, 2.24) is 0 Å². The average molecular weight is 307 g/mol. The van der Waals surface area contributed by atoms with Gasteiger partial charge in [0.15, 0.2) is 0 Å². The summed E-state index contributed by atoms with van der Waals surface area (Å²) in [7, 11) is 0. The van der Waals surface area contributed by atoms with E-state index in [2.05, 4.69) is 10.6 Å². The second-order valence-corrected chi connectivity index (χ2v) is 5.14. The van der Waals surface area contributed by atoms with Crippen LogP contribution in [0.3, 0.4) is 0 Å². The first-order valence-corrected chi connectivity index (χ1v) is 7.04. The van der Waals surface area contributed by atoms with Crippen molar-refractivity contribution in [1.29, 1.82) is 5.26 Å². The normalized spacial score (nSPS) is 10.7. The maximum absolute atomic E-state index is 12.2. The molecule has 5 heteroatoms. The summed E-state index contributed by atoms with van der Waals surface area (Å²) in [5, 5.41) is 24.1. The monoisotopic (exact) mass is 307 g/mol. The Bertz CT molecular complexity index is 804. The number of hydrogen-bond donors (Lipinski definition) is 3. The molecule has 0 atom stereocenters. The summed E-state index contributed by atoms with van der Waals surface area (Å²) in [5.41, 5.74) is 3.21. The van der Waals surface area contributed by atoms with Gasteiger partial charge in [0.1, 0.15) is 17.4 Å². The average Bonchev–Trinajstić information content (AvgIpc) is 2.51. The minimum Gasteiger partial charge on any atom is -0.508 e. The van der Waals surface area contributed by atoms with Gasteiger partial charge in [-0.05, 0) is 37.6 Å². The van der Waals surface area contributed by atoms with Gasteiger partial charge in [-0.25, -0.2) is 0 Å². The number of amides is 1. The van der Waals surface area contributed by atoms with Crippen molar-refractivity contribution in [2.45, 2.75) is 13.8 Å². The maximum atomic E-state index is 12.2. The zero-order valence-electron chi connectivity index (χ0n) is 12.9. The third-order valence-corrected chi connectivity index (χ3v) is 3.22. The molecule has 0 saturated carbocycles. The van der Waals surface area contributed by atoms with E-state index in [4.69, 9.17) is 5.26 Å². The molecule has 23 heavy (non-hydrogen) atoms. The molecule has 0 aliphatic heterocycles. The summed E-state index contributed by atoms with van der Waals surface area (Å²) >= 11 is 0. The molecule has 0 fully saturated rings. The first-order valence-electron chi connectivity index (χ1n) is 7.04. The molecule has 0 unspecified atom stereocenters. The molecule has 0 aromatic heterocycles. The fourth-order valence-corrected chi connectivity index (χ4v) is 2.04. The van der Waals surface area contributed by atoms with Crippen molar-refractivity contribution >= 4 is 17.3 Å². The van der Waals surface area contributed by atoms with Crippen LogP contribution in [-0.4, -0.2) is 11.0 Å². The molecule has 0 heterocycles. The number of nitriles is 1. The summed E-state index contributed by atoms with van der Waals surface area (Å²) in [6.07, 6.45) is 1.31. The Hall–Kier alpha value is -3.26. The van der Waals surface area contributed by atoms with Gasteiger partial charge in [-0.3, -0.25) is 4.79 Å². The van der Waals surface area contributed by atoms with Crippen LogP contribution in [0, 0.1) is 25.2 Å². The second-order valence-electron chi connectivity index (χ2n) is 5.14. The maximum Gasteiger partial charge on any atom is 0.267 e. The predicted octanol–water partition coefficient (Wildman–Crippen LogP) is 3.47. The van der Waals surface area contributed by atoms with Gasteiger partial charge in [-0.15, -0.1) is 0 Å². The summed E-state index contributed by atoms with van der Waals surface area (Å²) in [6.45, 7) is 3.86. The Morgan fingerprint density at radius 3 is 2.65 bits per heavy atom. The molecular formula is C18H17N3O2. The number of carbonyl (C=O) groups is 1. The van der Waals surface area contributed by atoms with Gasteiger partial charge in [0, 0.05) is 23.6 Å². The van der Waals surface area contributed by atoms with Crippen LogP contribution in [0.15, 0.2) is 54.2 Å². The number of rotatable bonds is 4. The van der Waals surface area contributed by atoms with E-state index in [9.17, 15) is 9.90 Å². The number of nitrogens with zero attached hydrogens (tertiary/aromatic N) is 1. The second kappa shape index (κ2) is 7.14. The molecule has 5 nitrogen and oxygen atoms in total. The van der Waals surface area contributed by atoms with E-state index in [1.807, 2.05) is 32.0 Å². The van der Waals surface area contributed by atoms with Crippen LogP contribution in [0.1, 0.15) is 11.1 Å². The Balaban J connectivity index is 2.12. The van der Waals surface area contributed by atoms with Crippen molar-refractivity contribution in [3.05, 3.63) is 65.4 Å². The smallest absolute Gasteiger partial charge is 0.267 e. The number of nitrogens with one attached hydrogen (secondary N) is 2. The highest BCUT2D eigenvalue weighted by Gasteiger charge is 2.10. The Kier molecular flexibility index (Phi) is 5.00. The highest BCUT2D eigenvalue weighted by molar-refractivity contribution is 6.07. The van der Waals surface area contributed by atoms with Gasteiger partial charge in [0.25, 0.3) is 5.91 Å². The number of hydrogen-bond acceptors (Lipinski definition) is 4. The van der Waals surface area contributed by atoms with E-state index in [-0.39, 0.29) is 11.3 Å². The van der Waals surface area contributed by atoms with Crippen molar-refractivity contribution < 1.29 is 9.90 Å². The van der Waals surface area contributed by atoms with Crippen molar-refractivity contribution in [2.75, 3.05) is 10.6 Å². The number of carbonyl (C=O) groups excluding carboxylic acids is 1. The van der Waals surface area contributed by atoms with Crippen LogP contribution < -0.4 is 10.6 Å². The summed E-state index contributed by atoms with van der Waals surface area (Å²) in [4.78, 5) is 12.2. The third kappa shape index (κ3) is 4.35. The number of aromatic hydroxyl groups is 1. The minimum atomic E-state index is -0.493. The van der Waals surface area contributed by atoms with Crippen molar-refractivity contribution in [2.24, 2.45) is 0 Å². The van der Waals surface area contributed by atoms with Gasteiger partial charge in [0.2, 0.25) is 0 Å². The van der Waals surface area contributed by atoms with Gasteiger partial charge >= 0.3 is 0 Å². The summed E-state index contributed by atoms with van der Waals surface area (Å²) in [6, 6.07) is 13.9. The number of aryl methyl sites for hydroxylation is 2. The van der Waals surface area contributed by atoms with Gasteiger partial charge in [-0.1, -0.05) is 23.8 Å². The molecule has 0 spiro atoms. The standard InChI is InChI=1S/C18H17N3O2/c1-12-6-7-17(13(2)8-12)21-18(23)14(10-19)11-20-15-4-3-5-16(22)9-15/h3-9,11,20,22H,1-2H3,(H,21,23)/b14-11-. The first kappa shape index (κ1) is 16.1. The number of phenols is 1. The van der Waals surface area contributed by atoms with E-state index >= 15 is 0 Å². The molecule has 0 aliphatic carbocycles. The molecule has 1 amide bonds. The van der Waals surface area contributed by atoms with Gasteiger partial charge in [-0.2, -0.15) is 5.26 Å². The van der Waals surface area contributed by atoms with Crippen LogP contribution in [0.2, 0.25) is 0 Å². The highest BCUT2D eigenvalue weighted by atomic mass is 16.3. The molecule has 2 rings (SSSR count). The lowest BCUT2D eigenvalue weighted by Gasteiger charge is -2.09. The lowest BCUT2D eigenvalue weighted by Crippen LogP contribution is -2.15. The summed E-state index contributed by atoms with van der Waals surface area (Å²) < 4.78 is 0. The van der Waals surface area contributed by atoms with E-state index < -0.39 is 5.91 Å². The number of anilines is 2. The quantitative estimate of drug-likeness (QED) is 0.596. The molecule has 0 saturated heterocycles. The molecule has 0 radical (unpaired) electrons. The zero-order chi connectivity index (χ0) is 16.8. The molecule has 3 N–H and O–H groups in total. The largest absolute Gasteiger partial charge is 0.508 e. The SMILES string of the molecule is Cc1ccc(NC(=O)/C(C#N)=C\Nc2cccc(O)c2)c(C)c1. The molecule has 116 valence electrons. The number of phenolic OH excluding ortho intramolecular Hbond substituents is 1. The summed E-state index contributed by atoms with van der Waals surface area (Å²) in [5.74, 6) is -0.395. The van der Waals surface area contributed by atoms with Crippen molar-refractivity contribution in [3.63, 3.8) is 0 Å². The lowest BCUT2D eigenvalue weighted by molar-refractivity contribution is -0.112. The Morgan fingerprint density at radius 2 is 2.00 bits per heavy atom. The first-order chi connectivity index (χ1) is 11.0. The van der Waals surface area contributed by atoms with Crippen LogP contribution >= 0.6 is 0 Å². The van der Waals surface area contributed by atoms with E-state index in [0.717, 1.165) is 11.1 Å². The highest BCUT2D eigenvalue weighted by Crippen LogP contribution is 2.18. The van der Waals surface area contributed by atoms with Crippen LogP contribution in [0.5, 0.6) is 5.75 Å². The lowest BCUT2D eigenvalue weighted by atomic mass is 10.1. The van der Waals surface area contributed by atoms with E-state index in [1.165, 1.54) is 18.3 Å². The topological polar surface area (TPSA) is 85.2 Å². The van der Waals surface area contributed by atoms with E-state index in [1.54, 1.807) is 18.2 Å². The van der Waals surface area contributed by atoms with E-state index in [0.29, 0.717) is 11.4 Å². The van der Waals surface area contributed by atoms with Crippen molar-refractivity contribution in [3.8, 4) is 11.8 Å². The van der Waals surface area contributed by atoms with Crippen LogP contribution in [0.25, 0.3) is 0 Å². The number of benzene rings is 2. The predicted molar refractivity (Wildman–Crippen MR) is 90.0 cm³/mol. The molecular weight excluding hydrogens is 290 g/mol. The fraction of sp³-hybridized carbons (Fsp3) is 0.111. The van der Waals surface area contributed by atoms with Gasteiger partial charge in [0.05, 0.1) is 0 Å². The third-order valence-electron chi connectivity index (χ3n) is 3.22. The Morgan fingerprint density at radius 1 is 1.22 bits per heavy atom. The zero-order valence-corrected chi connectivity index (χ0v) is 12.9. The molecule has 2 aromatic carbocycles. The molecule has 0 aliphatic rings. The fourth-order valence-electron chi connectivity index (χ4n) is 2.04.